The van der Waals surface area contributed by atoms with Crippen molar-refractivity contribution in [3.8, 4) is 23.7 Å². The Morgan fingerprint density at radius 2 is 1.79 bits per heavy atom. The van der Waals surface area contributed by atoms with Crippen LogP contribution in [-0.4, -0.2) is 65.6 Å². The minimum absolute atomic E-state index is 0.0224. The molecule has 1 aliphatic carbocycles. The van der Waals surface area contributed by atoms with Crippen molar-refractivity contribution >= 4 is 17.5 Å². The van der Waals surface area contributed by atoms with Gasteiger partial charge in [0.1, 0.15) is 23.6 Å². The second kappa shape index (κ2) is 11.8. The van der Waals surface area contributed by atoms with E-state index >= 15 is 0 Å². The molecule has 1 amide bonds. The van der Waals surface area contributed by atoms with E-state index < -0.39 is 0 Å². The van der Waals surface area contributed by atoms with E-state index in [1.165, 1.54) is 19.4 Å². The molecule has 4 heterocycles. The van der Waals surface area contributed by atoms with Crippen molar-refractivity contribution in [2.75, 3.05) is 32.7 Å². The third-order valence-corrected chi connectivity index (χ3v) is 10.5. The monoisotopic (exact) mass is 599 g/mol. The topological polar surface area (TPSA) is 81.5 Å². The predicted octanol–water partition coefficient (Wildman–Crippen LogP) is 5.51. The zero-order chi connectivity index (χ0) is 30.4. The molecule has 3 fully saturated rings. The number of likely N-dealkylation sites (tertiary alicyclic amines) is 1. The number of nitrogens with zero attached hydrogens (tertiary/aromatic N) is 4. The van der Waals surface area contributed by atoms with Crippen molar-refractivity contribution in [1.29, 1.82) is 5.26 Å². The van der Waals surface area contributed by atoms with Crippen molar-refractivity contribution in [3.63, 3.8) is 0 Å². The number of hydrogen-bond acceptors (Lipinski definition) is 6. The SMILES string of the molecule is CC1(C)[C@H](Oc2ccc(C#N)c(Cl)c2)C(C)(C)[C@H]1N1Cc2nc(C#CC3CCN(CC4CCNCC4)CC3)ccc2C1=O. The van der Waals surface area contributed by atoms with Gasteiger partial charge in [0.25, 0.3) is 5.91 Å². The highest BCUT2D eigenvalue weighted by Gasteiger charge is 2.67. The van der Waals surface area contributed by atoms with Gasteiger partial charge >= 0.3 is 0 Å². The Morgan fingerprint density at radius 3 is 2.47 bits per heavy atom. The molecule has 0 atom stereocenters. The summed E-state index contributed by atoms with van der Waals surface area (Å²) in [6.45, 7) is 14.9. The van der Waals surface area contributed by atoms with Gasteiger partial charge in [-0.05, 0) is 88.0 Å². The summed E-state index contributed by atoms with van der Waals surface area (Å²) < 4.78 is 6.45. The lowest BCUT2D eigenvalue weighted by Gasteiger charge is -2.65. The Morgan fingerprint density at radius 1 is 1.07 bits per heavy atom. The number of fused-ring (bicyclic) bond motifs is 1. The normalized spacial score (nSPS) is 25.3. The van der Waals surface area contributed by atoms with E-state index in [1.54, 1.807) is 18.2 Å². The fourth-order valence-corrected chi connectivity index (χ4v) is 8.57. The van der Waals surface area contributed by atoms with Crippen LogP contribution in [-0.2, 0) is 6.54 Å². The van der Waals surface area contributed by atoms with E-state index in [1.807, 2.05) is 17.0 Å². The zero-order valence-corrected chi connectivity index (χ0v) is 26.5. The van der Waals surface area contributed by atoms with Crippen LogP contribution in [0.15, 0.2) is 30.3 Å². The Balaban J connectivity index is 1.09. The first-order valence-corrected chi connectivity index (χ1v) is 16.1. The van der Waals surface area contributed by atoms with Gasteiger partial charge in [0.2, 0.25) is 0 Å². The summed E-state index contributed by atoms with van der Waals surface area (Å²) in [6.07, 6.45) is 4.66. The number of halogens is 1. The second-order valence-electron chi connectivity index (χ2n) is 14.0. The smallest absolute Gasteiger partial charge is 0.256 e. The molecule has 226 valence electrons. The Bertz CT molecular complexity index is 1470. The van der Waals surface area contributed by atoms with Crippen LogP contribution >= 0.6 is 11.6 Å². The molecule has 1 saturated carbocycles. The van der Waals surface area contributed by atoms with E-state index in [0.29, 0.717) is 34.4 Å². The predicted molar refractivity (Wildman–Crippen MR) is 168 cm³/mol. The Kier molecular flexibility index (Phi) is 8.20. The van der Waals surface area contributed by atoms with Crippen LogP contribution < -0.4 is 10.1 Å². The highest BCUT2D eigenvalue weighted by Crippen LogP contribution is 2.59. The number of nitriles is 1. The standard InChI is InChI=1S/C35H42ClN5O2/c1-34(2)32(35(3,4)33(34)43-27-9-6-25(20-37)29(36)19-27)41-22-30-28(31(41)42)10-8-26(39-30)7-5-23-13-17-40(18-14-23)21-24-11-15-38-16-12-24/h6,8-10,19,23-24,32-33,38H,11-18,21-22H2,1-4H3/t32-,33-. The number of nitrogens with one attached hydrogen (secondary N) is 1. The maximum absolute atomic E-state index is 13.6. The molecule has 4 aliphatic rings. The lowest BCUT2D eigenvalue weighted by molar-refractivity contribution is -0.199. The lowest BCUT2D eigenvalue weighted by atomic mass is 9.49. The third-order valence-electron chi connectivity index (χ3n) is 10.1. The van der Waals surface area contributed by atoms with Crippen LogP contribution in [0.5, 0.6) is 5.75 Å². The highest BCUT2D eigenvalue weighted by atomic mass is 35.5. The average molecular weight is 600 g/mol. The Hall–Kier alpha value is -3.10. The molecule has 6 rings (SSSR count). The van der Waals surface area contributed by atoms with Gasteiger partial charge in [-0.25, -0.2) is 4.98 Å². The molecule has 7 nitrogen and oxygen atoms in total. The van der Waals surface area contributed by atoms with Gasteiger partial charge in [-0.2, -0.15) is 5.26 Å². The maximum Gasteiger partial charge on any atom is 0.256 e. The van der Waals surface area contributed by atoms with E-state index in [9.17, 15) is 10.1 Å². The molecular formula is C35H42ClN5O2. The van der Waals surface area contributed by atoms with Crippen LogP contribution in [0.3, 0.4) is 0 Å². The number of pyridine rings is 1. The average Bonchev–Trinajstić information content (AvgIpc) is 3.30. The first-order chi connectivity index (χ1) is 20.6. The quantitative estimate of drug-likeness (QED) is 0.457. The number of carbonyl (C=O) groups is 1. The summed E-state index contributed by atoms with van der Waals surface area (Å²) in [5, 5.41) is 13.0. The van der Waals surface area contributed by atoms with Crippen molar-refractivity contribution in [2.24, 2.45) is 22.7 Å². The van der Waals surface area contributed by atoms with Crippen LogP contribution in [0.2, 0.25) is 5.02 Å². The maximum atomic E-state index is 13.6. The van der Waals surface area contributed by atoms with Gasteiger partial charge < -0.3 is 19.9 Å². The summed E-state index contributed by atoms with van der Waals surface area (Å²) in [7, 11) is 0. The van der Waals surface area contributed by atoms with Gasteiger partial charge in [0.05, 0.1) is 28.4 Å². The number of aromatic nitrogens is 1. The fourth-order valence-electron chi connectivity index (χ4n) is 8.36. The molecule has 0 bridgehead atoms. The van der Waals surface area contributed by atoms with E-state index in [-0.39, 0.29) is 28.9 Å². The molecular weight excluding hydrogens is 558 g/mol. The highest BCUT2D eigenvalue weighted by molar-refractivity contribution is 6.31. The number of ether oxygens (including phenoxy) is 1. The van der Waals surface area contributed by atoms with Crippen LogP contribution in [0, 0.1) is 45.8 Å². The molecule has 0 radical (unpaired) electrons. The fraction of sp³-hybridized carbons (Fsp3) is 0.571. The summed E-state index contributed by atoms with van der Waals surface area (Å²) in [4.78, 5) is 23.1. The second-order valence-corrected chi connectivity index (χ2v) is 14.4. The van der Waals surface area contributed by atoms with Gasteiger partial charge in [-0.15, -0.1) is 0 Å². The number of carbonyl (C=O) groups excluding carboxylic acids is 1. The van der Waals surface area contributed by atoms with Crippen molar-refractivity contribution < 1.29 is 9.53 Å². The molecule has 2 aromatic rings. The van der Waals surface area contributed by atoms with Crippen LogP contribution in [0.1, 0.15) is 80.7 Å². The van der Waals surface area contributed by atoms with Crippen molar-refractivity contribution in [3.05, 3.63) is 57.9 Å². The minimum Gasteiger partial charge on any atom is -0.489 e. The van der Waals surface area contributed by atoms with E-state index in [0.717, 1.165) is 56.3 Å². The number of amides is 1. The molecule has 0 unspecified atom stereocenters. The molecule has 1 aromatic heterocycles. The van der Waals surface area contributed by atoms with Crippen LogP contribution in [0.4, 0.5) is 0 Å². The minimum atomic E-state index is -0.313. The number of hydrogen-bond donors (Lipinski definition) is 1. The Labute approximate surface area is 260 Å². The van der Waals surface area contributed by atoms with Gasteiger partial charge in [0, 0.05) is 35.4 Å². The molecule has 2 saturated heterocycles. The largest absolute Gasteiger partial charge is 0.489 e. The first kappa shape index (κ1) is 29.9. The lowest BCUT2D eigenvalue weighted by Crippen LogP contribution is -2.74. The third kappa shape index (κ3) is 5.76. The van der Waals surface area contributed by atoms with Gasteiger partial charge in [-0.1, -0.05) is 45.2 Å². The molecule has 1 aromatic carbocycles. The summed E-state index contributed by atoms with van der Waals surface area (Å²) in [5.41, 5.74) is 2.02. The number of rotatable bonds is 5. The van der Waals surface area contributed by atoms with Crippen LogP contribution in [0.25, 0.3) is 0 Å². The van der Waals surface area contributed by atoms with E-state index in [2.05, 4.69) is 55.8 Å². The van der Waals surface area contributed by atoms with Crippen molar-refractivity contribution in [2.45, 2.75) is 72.1 Å². The summed E-state index contributed by atoms with van der Waals surface area (Å²) in [5.74, 6) is 8.71. The summed E-state index contributed by atoms with van der Waals surface area (Å²) >= 11 is 6.26. The molecule has 3 aliphatic heterocycles. The zero-order valence-electron chi connectivity index (χ0n) is 25.8. The molecule has 0 spiro atoms. The van der Waals surface area contributed by atoms with Crippen molar-refractivity contribution in [1.82, 2.24) is 20.1 Å². The molecule has 1 N–H and O–H groups in total. The summed E-state index contributed by atoms with van der Waals surface area (Å²) in [6, 6.07) is 11.0. The molecule has 8 heteroatoms. The van der Waals surface area contributed by atoms with Gasteiger partial charge in [0.15, 0.2) is 0 Å². The number of benzene rings is 1. The first-order valence-electron chi connectivity index (χ1n) is 15.7. The molecule has 43 heavy (non-hydrogen) atoms. The van der Waals surface area contributed by atoms with E-state index in [4.69, 9.17) is 21.3 Å². The number of piperidine rings is 2. The van der Waals surface area contributed by atoms with Gasteiger partial charge in [-0.3, -0.25) is 4.79 Å².